The van der Waals surface area contributed by atoms with Crippen LogP contribution in [-0.4, -0.2) is 35.4 Å². The van der Waals surface area contributed by atoms with Crippen molar-refractivity contribution in [3.63, 3.8) is 0 Å². The van der Waals surface area contributed by atoms with Gasteiger partial charge in [-0.3, -0.25) is 4.79 Å². The Morgan fingerprint density at radius 3 is 2.38 bits per heavy atom. The largest absolute Gasteiger partial charge is 0.507 e. The van der Waals surface area contributed by atoms with Crippen molar-refractivity contribution in [1.29, 1.82) is 0 Å². The minimum absolute atomic E-state index is 0. The first kappa shape index (κ1) is 36.9. The molecular weight excluding hydrogens is 611 g/mol. The lowest BCUT2D eigenvalue weighted by atomic mass is 10.0. The second kappa shape index (κ2) is 16.7. The van der Waals surface area contributed by atoms with Crippen LogP contribution in [0.25, 0.3) is 11.0 Å². The number of carbonyl (C=O) groups excluding carboxylic acids is 1. The van der Waals surface area contributed by atoms with Crippen LogP contribution in [0.3, 0.4) is 0 Å². The molecule has 0 amide bonds. The Morgan fingerprint density at radius 2 is 1.73 bits per heavy atom. The summed E-state index contributed by atoms with van der Waals surface area (Å²) in [6.45, 7) is 7.99. The summed E-state index contributed by atoms with van der Waals surface area (Å²) in [6, 6.07) is 16.6. The normalized spacial score (nSPS) is 11.5. The number of alkyl halides is 3. The molecule has 7 nitrogen and oxygen atoms in total. The van der Waals surface area contributed by atoms with Gasteiger partial charge in [0, 0.05) is 30.3 Å². The van der Waals surface area contributed by atoms with Gasteiger partial charge in [0.1, 0.15) is 34.8 Å². The number of esters is 1. The number of halogens is 4. The fourth-order valence-electron chi connectivity index (χ4n) is 4.37. The summed E-state index contributed by atoms with van der Waals surface area (Å²) in [5, 5.41) is 23.3. The van der Waals surface area contributed by atoms with Gasteiger partial charge < -0.3 is 24.7 Å². The monoisotopic (exact) mass is 647 g/mol. The Kier molecular flexibility index (Phi) is 13.7. The number of nitrogens with one attached hydrogen (secondary N) is 1. The molecule has 1 aromatic heterocycles. The zero-order valence-electron chi connectivity index (χ0n) is 25.4. The number of aryl methyl sites for hydroxylation is 1. The van der Waals surface area contributed by atoms with Gasteiger partial charge in [-0.1, -0.05) is 48.0 Å². The first-order valence-electron chi connectivity index (χ1n) is 14.0. The highest BCUT2D eigenvalue weighted by Crippen LogP contribution is 2.35. The van der Waals surface area contributed by atoms with Crippen molar-refractivity contribution in [2.75, 3.05) is 13.2 Å². The van der Waals surface area contributed by atoms with Gasteiger partial charge in [0.05, 0.1) is 11.1 Å². The van der Waals surface area contributed by atoms with Gasteiger partial charge in [-0.15, -0.1) is 12.4 Å². The summed E-state index contributed by atoms with van der Waals surface area (Å²) in [7, 11) is 0. The Morgan fingerprint density at radius 1 is 1.04 bits per heavy atom. The number of carbonyl (C=O) groups is 1. The zero-order chi connectivity index (χ0) is 32.4. The summed E-state index contributed by atoms with van der Waals surface area (Å²) in [6.07, 6.45) is -1.64. The van der Waals surface area contributed by atoms with Crippen molar-refractivity contribution in [2.24, 2.45) is 0 Å². The maximum absolute atomic E-state index is 12.7. The van der Waals surface area contributed by atoms with Crippen LogP contribution in [0.4, 0.5) is 13.2 Å². The summed E-state index contributed by atoms with van der Waals surface area (Å²) in [4.78, 5) is 23.7. The Bertz CT molecular complexity index is 1660. The van der Waals surface area contributed by atoms with Crippen molar-refractivity contribution >= 4 is 29.3 Å². The number of phenolic OH excluding ortho intramolecular Hbond substituents is 2. The van der Waals surface area contributed by atoms with Crippen molar-refractivity contribution in [3.8, 4) is 11.5 Å². The summed E-state index contributed by atoms with van der Waals surface area (Å²) < 4.78 is 48.6. The molecule has 45 heavy (non-hydrogen) atoms. The molecule has 4 rings (SSSR count). The van der Waals surface area contributed by atoms with Gasteiger partial charge in [-0.2, -0.15) is 13.2 Å². The van der Waals surface area contributed by atoms with Crippen LogP contribution in [0, 0.1) is 6.92 Å². The SMILES string of the molecule is CC(C)=CCc1c(O)cc2oc(C)cc(=O)c2c1O.CC(Cc1cccc(C(F)(F)F)c1)NCCOC(=O)c1ccccc1.Cl. The molecule has 1 unspecified atom stereocenters. The minimum Gasteiger partial charge on any atom is -0.507 e. The second-order valence-corrected chi connectivity index (χ2v) is 10.6. The molecule has 242 valence electrons. The van der Waals surface area contributed by atoms with E-state index in [0.717, 1.165) is 17.7 Å². The molecule has 4 aromatic rings. The average Bonchev–Trinajstić information content (AvgIpc) is 2.95. The first-order valence-corrected chi connectivity index (χ1v) is 14.0. The number of benzene rings is 3. The highest BCUT2D eigenvalue weighted by Gasteiger charge is 2.30. The van der Waals surface area contributed by atoms with Crippen LogP contribution in [0.15, 0.2) is 87.6 Å². The Balaban J connectivity index is 0.000000317. The highest BCUT2D eigenvalue weighted by molar-refractivity contribution is 5.89. The fraction of sp³-hybridized carbons (Fsp3) is 0.294. The van der Waals surface area contributed by atoms with Crippen LogP contribution < -0.4 is 10.7 Å². The molecule has 0 aliphatic carbocycles. The highest BCUT2D eigenvalue weighted by atomic mass is 35.5. The molecule has 1 heterocycles. The van der Waals surface area contributed by atoms with E-state index >= 15 is 0 Å². The quantitative estimate of drug-likeness (QED) is 0.0979. The topological polar surface area (TPSA) is 109 Å². The smallest absolute Gasteiger partial charge is 0.416 e. The van der Waals surface area contributed by atoms with Crippen LogP contribution in [0.1, 0.15) is 53.6 Å². The van der Waals surface area contributed by atoms with E-state index < -0.39 is 17.7 Å². The number of aromatic hydroxyl groups is 2. The molecule has 3 N–H and O–H groups in total. The van der Waals surface area contributed by atoms with Gasteiger partial charge in [0.15, 0.2) is 5.43 Å². The van der Waals surface area contributed by atoms with E-state index in [9.17, 15) is 33.0 Å². The van der Waals surface area contributed by atoms with E-state index in [0.29, 0.717) is 41.8 Å². The van der Waals surface area contributed by atoms with E-state index in [2.05, 4.69) is 5.32 Å². The molecule has 0 spiro atoms. The van der Waals surface area contributed by atoms with Crippen LogP contribution >= 0.6 is 12.4 Å². The van der Waals surface area contributed by atoms with Gasteiger partial charge in [-0.05, 0) is 64.3 Å². The standard InChI is InChI=1S/C19H20F3NO2.C15H16O4.ClH/c1-14(12-15-6-5-9-17(13-15)19(20,21)22)23-10-11-25-18(24)16-7-3-2-4-8-16;1-8(2)4-5-10-11(16)7-13-14(15(10)18)12(17)6-9(3)19-13;/h2-9,13-14,23H,10-12H2,1H3;4,6-7,16,18H,5H2,1-3H3;1H. The lowest BCUT2D eigenvalue weighted by molar-refractivity contribution is -0.137. The third-order valence-electron chi connectivity index (χ3n) is 6.55. The number of rotatable bonds is 9. The van der Waals surface area contributed by atoms with Crippen LogP contribution in [-0.2, 0) is 23.8 Å². The van der Waals surface area contributed by atoms with Gasteiger partial charge >= 0.3 is 12.1 Å². The number of ether oxygens (including phenoxy) is 1. The molecule has 0 aliphatic heterocycles. The Labute approximate surface area is 265 Å². The summed E-state index contributed by atoms with van der Waals surface area (Å²) in [5.41, 5.74) is 1.74. The zero-order valence-corrected chi connectivity index (χ0v) is 26.2. The second-order valence-electron chi connectivity index (χ2n) is 10.6. The molecular formula is C34H37ClF3NO6. The third kappa shape index (κ3) is 11.0. The number of fused-ring (bicyclic) bond motifs is 1. The minimum atomic E-state index is -4.34. The Hall–Kier alpha value is -4.28. The maximum atomic E-state index is 12.7. The molecule has 3 aromatic carbocycles. The van der Waals surface area contributed by atoms with E-state index in [1.807, 2.05) is 32.9 Å². The lowest BCUT2D eigenvalue weighted by Crippen LogP contribution is -2.31. The van der Waals surface area contributed by atoms with Gasteiger partial charge in [0.25, 0.3) is 0 Å². The number of phenols is 2. The van der Waals surface area contributed by atoms with Gasteiger partial charge in [-0.25, -0.2) is 4.79 Å². The van der Waals surface area contributed by atoms with Crippen LogP contribution in [0.2, 0.25) is 0 Å². The average molecular weight is 648 g/mol. The fourth-order valence-corrected chi connectivity index (χ4v) is 4.37. The van der Waals surface area contributed by atoms with E-state index in [1.165, 1.54) is 18.2 Å². The number of hydrogen-bond acceptors (Lipinski definition) is 7. The van der Waals surface area contributed by atoms with E-state index in [1.54, 1.807) is 37.3 Å². The molecule has 11 heteroatoms. The number of hydrogen-bond donors (Lipinski definition) is 3. The van der Waals surface area contributed by atoms with Crippen LogP contribution in [0.5, 0.6) is 11.5 Å². The van der Waals surface area contributed by atoms with Crippen molar-refractivity contribution in [2.45, 2.75) is 52.8 Å². The molecule has 0 bridgehead atoms. The van der Waals surface area contributed by atoms with Crippen molar-refractivity contribution in [3.05, 3.63) is 117 Å². The molecule has 0 saturated heterocycles. The van der Waals surface area contributed by atoms with Crippen molar-refractivity contribution in [1.82, 2.24) is 5.32 Å². The van der Waals surface area contributed by atoms with E-state index in [-0.39, 0.29) is 53.0 Å². The number of allylic oxidation sites excluding steroid dienone is 2. The lowest BCUT2D eigenvalue weighted by Gasteiger charge is -2.15. The van der Waals surface area contributed by atoms with E-state index in [4.69, 9.17) is 9.15 Å². The van der Waals surface area contributed by atoms with Gasteiger partial charge in [0.2, 0.25) is 0 Å². The third-order valence-corrected chi connectivity index (χ3v) is 6.55. The first-order chi connectivity index (χ1) is 20.8. The summed E-state index contributed by atoms with van der Waals surface area (Å²) in [5.74, 6) is -0.237. The molecule has 0 radical (unpaired) electrons. The molecule has 0 saturated carbocycles. The molecule has 0 fully saturated rings. The molecule has 0 aliphatic rings. The van der Waals surface area contributed by atoms with Crippen molar-refractivity contribution < 1.29 is 37.3 Å². The predicted molar refractivity (Wildman–Crippen MR) is 170 cm³/mol. The summed E-state index contributed by atoms with van der Waals surface area (Å²) >= 11 is 0. The molecule has 1 atom stereocenters. The predicted octanol–water partition coefficient (Wildman–Crippen LogP) is 7.53. The maximum Gasteiger partial charge on any atom is 0.416 e.